The SMILES string of the molecule is Cc1cccc(NC(=O)C(=O)N2CCC(C(O)C(F)(F)F)CC2)c1. The molecule has 0 radical (unpaired) electrons. The fourth-order valence-corrected chi connectivity index (χ4v) is 2.74. The minimum atomic E-state index is -4.67. The third-order valence-corrected chi connectivity index (χ3v) is 4.08. The Kier molecular flexibility index (Phi) is 5.48. The second kappa shape index (κ2) is 7.21. The first kappa shape index (κ1) is 18.3. The van der Waals surface area contributed by atoms with Gasteiger partial charge >= 0.3 is 18.0 Å². The number of aliphatic hydroxyl groups is 1. The molecule has 1 unspecified atom stereocenters. The number of aryl methyl sites for hydroxylation is 1. The molecule has 1 fully saturated rings. The molecule has 0 spiro atoms. The van der Waals surface area contributed by atoms with E-state index in [2.05, 4.69) is 5.32 Å². The molecule has 2 amide bonds. The molecule has 1 aromatic carbocycles. The summed E-state index contributed by atoms with van der Waals surface area (Å²) in [6.45, 7) is 1.87. The number of likely N-dealkylation sites (tertiary alicyclic amines) is 1. The van der Waals surface area contributed by atoms with Crippen LogP contribution in [0.15, 0.2) is 24.3 Å². The van der Waals surface area contributed by atoms with E-state index < -0.39 is 30.0 Å². The van der Waals surface area contributed by atoms with Gasteiger partial charge in [-0.2, -0.15) is 13.2 Å². The number of aliphatic hydroxyl groups excluding tert-OH is 1. The number of amides is 2. The van der Waals surface area contributed by atoms with Crippen LogP contribution in [0.1, 0.15) is 18.4 Å². The Morgan fingerprint density at radius 2 is 1.92 bits per heavy atom. The van der Waals surface area contributed by atoms with Crippen LogP contribution in [-0.2, 0) is 9.59 Å². The van der Waals surface area contributed by atoms with Crippen LogP contribution in [0.5, 0.6) is 0 Å². The summed E-state index contributed by atoms with van der Waals surface area (Å²) in [6.07, 6.45) is -7.05. The molecule has 0 aliphatic carbocycles. The summed E-state index contributed by atoms with van der Waals surface area (Å²) in [7, 11) is 0. The van der Waals surface area contributed by atoms with E-state index in [4.69, 9.17) is 0 Å². The van der Waals surface area contributed by atoms with Gasteiger partial charge in [-0.1, -0.05) is 12.1 Å². The van der Waals surface area contributed by atoms with E-state index >= 15 is 0 Å². The maximum Gasteiger partial charge on any atom is 0.414 e. The zero-order valence-corrected chi connectivity index (χ0v) is 13.1. The summed E-state index contributed by atoms with van der Waals surface area (Å²) in [4.78, 5) is 25.3. The van der Waals surface area contributed by atoms with Gasteiger partial charge in [0, 0.05) is 18.8 Å². The molecule has 0 aromatic heterocycles. The number of carbonyl (C=O) groups is 2. The van der Waals surface area contributed by atoms with E-state index in [-0.39, 0.29) is 25.9 Å². The average molecular weight is 344 g/mol. The van der Waals surface area contributed by atoms with Crippen LogP contribution in [0.4, 0.5) is 18.9 Å². The van der Waals surface area contributed by atoms with Gasteiger partial charge in [0.2, 0.25) is 0 Å². The number of halogens is 3. The molecule has 1 aliphatic heterocycles. The van der Waals surface area contributed by atoms with Crippen LogP contribution in [0.3, 0.4) is 0 Å². The minimum Gasteiger partial charge on any atom is -0.383 e. The number of nitrogens with zero attached hydrogens (tertiary/aromatic N) is 1. The van der Waals surface area contributed by atoms with Crippen molar-refractivity contribution < 1.29 is 27.9 Å². The summed E-state index contributed by atoms with van der Waals surface area (Å²) in [5.74, 6) is -2.55. The number of hydrogen-bond acceptors (Lipinski definition) is 3. The molecule has 2 N–H and O–H groups in total. The van der Waals surface area contributed by atoms with Crippen molar-refractivity contribution in [1.82, 2.24) is 4.90 Å². The normalized spacial score (nSPS) is 17.5. The minimum absolute atomic E-state index is 0.00411. The highest BCUT2D eigenvalue weighted by Crippen LogP contribution is 2.31. The third kappa shape index (κ3) is 4.47. The van der Waals surface area contributed by atoms with Crippen molar-refractivity contribution in [2.75, 3.05) is 18.4 Å². The topological polar surface area (TPSA) is 69.6 Å². The molecule has 0 bridgehead atoms. The molecule has 1 atom stereocenters. The molecule has 1 aromatic rings. The number of hydrogen-bond donors (Lipinski definition) is 2. The van der Waals surface area contributed by atoms with Crippen LogP contribution in [0.2, 0.25) is 0 Å². The first-order valence-electron chi connectivity index (χ1n) is 7.60. The smallest absolute Gasteiger partial charge is 0.383 e. The molecule has 5 nitrogen and oxygen atoms in total. The highest BCUT2D eigenvalue weighted by molar-refractivity contribution is 6.39. The largest absolute Gasteiger partial charge is 0.414 e. The van der Waals surface area contributed by atoms with Gasteiger partial charge in [0.25, 0.3) is 0 Å². The van der Waals surface area contributed by atoms with Gasteiger partial charge in [-0.3, -0.25) is 9.59 Å². The molecular formula is C16H19F3N2O3. The molecule has 1 aliphatic rings. The van der Waals surface area contributed by atoms with Crippen molar-refractivity contribution in [2.45, 2.75) is 32.0 Å². The summed E-state index contributed by atoms with van der Waals surface area (Å²) in [6, 6.07) is 6.93. The molecule has 1 heterocycles. The third-order valence-electron chi connectivity index (χ3n) is 4.08. The van der Waals surface area contributed by atoms with Crippen molar-refractivity contribution in [1.29, 1.82) is 0 Å². The maximum atomic E-state index is 12.5. The van der Waals surface area contributed by atoms with E-state index in [0.29, 0.717) is 5.69 Å². The van der Waals surface area contributed by atoms with Gasteiger partial charge in [0.05, 0.1) is 0 Å². The van der Waals surface area contributed by atoms with Gasteiger partial charge in [0.1, 0.15) is 0 Å². The summed E-state index contributed by atoms with van der Waals surface area (Å²) < 4.78 is 37.5. The quantitative estimate of drug-likeness (QED) is 0.807. The monoisotopic (exact) mass is 344 g/mol. The number of anilines is 1. The number of rotatable bonds is 2. The predicted molar refractivity (Wildman–Crippen MR) is 81.2 cm³/mol. The van der Waals surface area contributed by atoms with Crippen LogP contribution >= 0.6 is 0 Å². The second-order valence-electron chi connectivity index (χ2n) is 5.94. The molecule has 2 rings (SSSR count). The number of piperidine rings is 1. The molecule has 8 heteroatoms. The Hall–Kier alpha value is -2.09. The van der Waals surface area contributed by atoms with Gasteiger partial charge in [-0.25, -0.2) is 0 Å². The van der Waals surface area contributed by atoms with Crippen LogP contribution < -0.4 is 5.32 Å². The van der Waals surface area contributed by atoms with Gasteiger partial charge in [0.15, 0.2) is 6.10 Å². The van der Waals surface area contributed by atoms with Gasteiger partial charge in [-0.15, -0.1) is 0 Å². The van der Waals surface area contributed by atoms with Crippen molar-refractivity contribution in [2.24, 2.45) is 5.92 Å². The lowest BCUT2D eigenvalue weighted by atomic mass is 9.91. The van der Waals surface area contributed by atoms with Crippen molar-refractivity contribution in [3.8, 4) is 0 Å². The standard InChI is InChI=1S/C16H19F3N2O3/c1-10-3-2-4-12(9-10)20-14(23)15(24)21-7-5-11(6-8-21)13(22)16(17,18)19/h2-4,9,11,13,22H,5-8H2,1H3,(H,20,23). The average Bonchev–Trinajstić information content (AvgIpc) is 2.52. The maximum absolute atomic E-state index is 12.5. The molecule has 24 heavy (non-hydrogen) atoms. The number of alkyl halides is 3. The summed E-state index contributed by atoms with van der Waals surface area (Å²) >= 11 is 0. The first-order valence-corrected chi connectivity index (χ1v) is 7.60. The molecule has 1 saturated heterocycles. The Bertz CT molecular complexity index is 611. The van der Waals surface area contributed by atoms with Crippen molar-refractivity contribution in [3.05, 3.63) is 29.8 Å². The first-order chi connectivity index (χ1) is 11.2. The molecular weight excluding hydrogens is 325 g/mol. The van der Waals surface area contributed by atoms with E-state index in [9.17, 15) is 27.9 Å². The zero-order chi connectivity index (χ0) is 17.9. The number of benzene rings is 1. The van der Waals surface area contributed by atoms with E-state index in [1.807, 2.05) is 13.0 Å². The van der Waals surface area contributed by atoms with Crippen LogP contribution in [0, 0.1) is 12.8 Å². The van der Waals surface area contributed by atoms with Crippen molar-refractivity contribution in [3.63, 3.8) is 0 Å². The second-order valence-corrected chi connectivity index (χ2v) is 5.94. The Balaban J connectivity index is 1.89. The van der Waals surface area contributed by atoms with Crippen LogP contribution in [-0.4, -0.2) is 47.2 Å². The Morgan fingerprint density at radius 3 is 2.46 bits per heavy atom. The lowest BCUT2D eigenvalue weighted by molar-refractivity contribution is -0.222. The predicted octanol–water partition coefficient (Wildman–Crippen LogP) is 2.10. The highest BCUT2D eigenvalue weighted by Gasteiger charge is 2.44. The lowest BCUT2D eigenvalue weighted by Gasteiger charge is -2.34. The zero-order valence-electron chi connectivity index (χ0n) is 13.1. The molecule has 132 valence electrons. The Labute approximate surface area is 137 Å². The molecule has 0 saturated carbocycles. The fraction of sp³-hybridized carbons (Fsp3) is 0.500. The Morgan fingerprint density at radius 1 is 1.29 bits per heavy atom. The van der Waals surface area contributed by atoms with Gasteiger partial charge in [-0.05, 0) is 43.4 Å². The summed E-state index contributed by atoms with van der Waals surface area (Å²) in [5.41, 5.74) is 1.40. The fourth-order valence-electron chi connectivity index (χ4n) is 2.74. The lowest BCUT2D eigenvalue weighted by Crippen LogP contribution is -2.48. The highest BCUT2D eigenvalue weighted by atomic mass is 19.4. The van der Waals surface area contributed by atoms with Crippen LogP contribution in [0.25, 0.3) is 0 Å². The number of nitrogens with one attached hydrogen (secondary N) is 1. The van der Waals surface area contributed by atoms with E-state index in [1.165, 1.54) is 4.90 Å². The number of carbonyl (C=O) groups excluding carboxylic acids is 2. The summed E-state index contributed by atoms with van der Waals surface area (Å²) in [5, 5.41) is 11.7. The van der Waals surface area contributed by atoms with Crippen molar-refractivity contribution >= 4 is 17.5 Å². The van der Waals surface area contributed by atoms with E-state index in [1.54, 1.807) is 18.2 Å². The van der Waals surface area contributed by atoms with Gasteiger partial charge < -0.3 is 15.3 Å². The van der Waals surface area contributed by atoms with E-state index in [0.717, 1.165) is 5.56 Å².